The van der Waals surface area contributed by atoms with E-state index in [0.717, 1.165) is 28.5 Å². The Morgan fingerprint density at radius 1 is 1.42 bits per heavy atom. The van der Waals surface area contributed by atoms with Crippen molar-refractivity contribution in [1.29, 1.82) is 0 Å². The van der Waals surface area contributed by atoms with Crippen LogP contribution >= 0.6 is 11.8 Å². The van der Waals surface area contributed by atoms with E-state index in [0.29, 0.717) is 12.6 Å². The Hall–Kier alpha value is -1.47. The number of nitrogens with one attached hydrogen (secondary N) is 1. The molecule has 0 aliphatic heterocycles. The minimum absolute atomic E-state index is 0.235. The molecule has 0 bridgehead atoms. The van der Waals surface area contributed by atoms with Crippen LogP contribution in [-0.2, 0) is 6.54 Å². The molecule has 1 heterocycles. The lowest BCUT2D eigenvalue weighted by atomic mass is 10.2. The molecule has 2 aromatic rings. The summed E-state index contributed by atoms with van der Waals surface area (Å²) in [7, 11) is 1.84. The Morgan fingerprint density at radius 2 is 2.26 bits per heavy atom. The molecule has 0 amide bonds. The van der Waals surface area contributed by atoms with Crippen LogP contribution in [0.4, 0.5) is 4.39 Å². The van der Waals surface area contributed by atoms with E-state index >= 15 is 0 Å². The van der Waals surface area contributed by atoms with Crippen LogP contribution in [0, 0.1) is 5.82 Å². The predicted molar refractivity (Wildman–Crippen MR) is 69.4 cm³/mol. The average Bonchev–Trinajstić information content (AvgIpc) is 3.10. The first-order valence-electron chi connectivity index (χ1n) is 6.16. The van der Waals surface area contributed by atoms with E-state index in [4.69, 9.17) is 0 Å². The molecule has 1 aromatic carbocycles. The molecule has 0 spiro atoms. The SMILES string of the molecule is CNCc1cc(F)cc(Sc2nnnn2C2CC2)c1. The van der Waals surface area contributed by atoms with Crippen molar-refractivity contribution in [3.8, 4) is 0 Å². The summed E-state index contributed by atoms with van der Waals surface area (Å²) >= 11 is 1.40. The Balaban J connectivity index is 1.83. The van der Waals surface area contributed by atoms with Gasteiger partial charge < -0.3 is 5.32 Å². The van der Waals surface area contributed by atoms with Crippen LogP contribution in [0.15, 0.2) is 28.3 Å². The molecule has 1 N–H and O–H groups in total. The highest BCUT2D eigenvalue weighted by Gasteiger charge is 2.28. The van der Waals surface area contributed by atoms with E-state index in [1.807, 2.05) is 17.8 Å². The topological polar surface area (TPSA) is 55.6 Å². The molecule has 0 unspecified atom stereocenters. The lowest BCUT2D eigenvalue weighted by Crippen LogP contribution is -2.05. The Morgan fingerprint density at radius 3 is 3.00 bits per heavy atom. The van der Waals surface area contributed by atoms with E-state index in [2.05, 4.69) is 20.8 Å². The summed E-state index contributed by atoms with van der Waals surface area (Å²) in [6.45, 7) is 0.638. The van der Waals surface area contributed by atoms with Crippen molar-refractivity contribution in [3.63, 3.8) is 0 Å². The summed E-state index contributed by atoms with van der Waals surface area (Å²) in [5, 5.41) is 15.4. The molecular weight excluding hydrogens is 265 g/mol. The van der Waals surface area contributed by atoms with Gasteiger partial charge in [0.15, 0.2) is 0 Å². The zero-order valence-corrected chi connectivity index (χ0v) is 11.3. The van der Waals surface area contributed by atoms with Crippen molar-refractivity contribution in [3.05, 3.63) is 29.6 Å². The third kappa shape index (κ3) is 2.93. The molecule has 0 atom stereocenters. The van der Waals surface area contributed by atoms with Crippen molar-refractivity contribution in [2.75, 3.05) is 7.05 Å². The first-order valence-corrected chi connectivity index (χ1v) is 6.97. The second-order valence-electron chi connectivity index (χ2n) is 4.56. The largest absolute Gasteiger partial charge is 0.316 e. The number of hydrogen-bond acceptors (Lipinski definition) is 5. The van der Waals surface area contributed by atoms with Crippen LogP contribution in [0.25, 0.3) is 0 Å². The van der Waals surface area contributed by atoms with E-state index in [-0.39, 0.29) is 5.82 Å². The molecule has 100 valence electrons. The molecule has 7 heteroatoms. The number of tetrazole rings is 1. The molecule has 19 heavy (non-hydrogen) atoms. The Labute approximate surface area is 114 Å². The first-order chi connectivity index (χ1) is 9.26. The molecule has 1 aliphatic carbocycles. The summed E-state index contributed by atoms with van der Waals surface area (Å²) in [6.07, 6.45) is 2.24. The highest BCUT2D eigenvalue weighted by molar-refractivity contribution is 7.99. The maximum absolute atomic E-state index is 13.6. The minimum Gasteiger partial charge on any atom is -0.316 e. The molecule has 1 fully saturated rings. The van der Waals surface area contributed by atoms with Gasteiger partial charge in [0.05, 0.1) is 6.04 Å². The van der Waals surface area contributed by atoms with Crippen molar-refractivity contribution >= 4 is 11.8 Å². The van der Waals surface area contributed by atoms with Crippen LogP contribution in [0.2, 0.25) is 0 Å². The van der Waals surface area contributed by atoms with E-state index in [1.165, 1.54) is 23.9 Å². The fourth-order valence-electron chi connectivity index (χ4n) is 1.89. The maximum Gasteiger partial charge on any atom is 0.214 e. The van der Waals surface area contributed by atoms with Gasteiger partial charge in [0, 0.05) is 11.4 Å². The average molecular weight is 279 g/mol. The van der Waals surface area contributed by atoms with Crippen molar-refractivity contribution in [1.82, 2.24) is 25.5 Å². The molecule has 0 radical (unpaired) electrons. The second-order valence-corrected chi connectivity index (χ2v) is 5.61. The van der Waals surface area contributed by atoms with Gasteiger partial charge in [-0.15, -0.1) is 5.10 Å². The summed E-state index contributed by atoms with van der Waals surface area (Å²) in [5.41, 5.74) is 0.912. The van der Waals surface area contributed by atoms with Gasteiger partial charge in [-0.1, -0.05) is 0 Å². The van der Waals surface area contributed by atoms with Gasteiger partial charge in [0.2, 0.25) is 5.16 Å². The third-order valence-electron chi connectivity index (χ3n) is 2.88. The van der Waals surface area contributed by atoms with Gasteiger partial charge in [-0.3, -0.25) is 0 Å². The Bertz CT molecular complexity index is 581. The molecule has 5 nitrogen and oxygen atoms in total. The quantitative estimate of drug-likeness (QED) is 0.907. The van der Waals surface area contributed by atoms with Crippen LogP contribution < -0.4 is 5.32 Å². The molecule has 1 aliphatic rings. The number of rotatable bonds is 5. The fourth-order valence-corrected chi connectivity index (χ4v) is 2.84. The summed E-state index contributed by atoms with van der Waals surface area (Å²) in [6, 6.07) is 5.42. The molecule has 1 saturated carbocycles. The summed E-state index contributed by atoms with van der Waals surface area (Å²) in [5.74, 6) is -0.235. The number of nitrogens with zero attached hydrogens (tertiary/aromatic N) is 4. The zero-order valence-electron chi connectivity index (χ0n) is 10.5. The van der Waals surface area contributed by atoms with Gasteiger partial charge in [0.25, 0.3) is 0 Å². The number of halogens is 1. The fraction of sp³-hybridized carbons (Fsp3) is 0.417. The number of aromatic nitrogens is 4. The van der Waals surface area contributed by atoms with Crippen LogP contribution in [0.1, 0.15) is 24.4 Å². The molecule has 3 rings (SSSR count). The van der Waals surface area contributed by atoms with Gasteiger partial charge in [-0.25, -0.2) is 9.07 Å². The lowest BCUT2D eigenvalue weighted by Gasteiger charge is -2.05. The van der Waals surface area contributed by atoms with E-state index < -0.39 is 0 Å². The molecule has 0 saturated heterocycles. The van der Waals surface area contributed by atoms with Gasteiger partial charge in [-0.2, -0.15) is 0 Å². The summed E-state index contributed by atoms with van der Waals surface area (Å²) in [4.78, 5) is 0.821. The van der Waals surface area contributed by atoms with Gasteiger partial charge in [-0.05, 0) is 65.8 Å². The zero-order chi connectivity index (χ0) is 13.2. The molecular formula is C12H14FN5S. The van der Waals surface area contributed by atoms with E-state index in [9.17, 15) is 4.39 Å². The van der Waals surface area contributed by atoms with Crippen molar-refractivity contribution < 1.29 is 4.39 Å². The van der Waals surface area contributed by atoms with Crippen LogP contribution in [-0.4, -0.2) is 27.3 Å². The van der Waals surface area contributed by atoms with Gasteiger partial charge in [0.1, 0.15) is 5.82 Å². The highest BCUT2D eigenvalue weighted by atomic mass is 32.2. The van der Waals surface area contributed by atoms with E-state index in [1.54, 1.807) is 0 Å². The highest BCUT2D eigenvalue weighted by Crippen LogP contribution is 2.38. The number of hydrogen-bond donors (Lipinski definition) is 1. The Kier molecular flexibility index (Phi) is 3.48. The van der Waals surface area contributed by atoms with Crippen molar-refractivity contribution in [2.24, 2.45) is 0 Å². The summed E-state index contributed by atoms with van der Waals surface area (Å²) < 4.78 is 15.4. The predicted octanol–water partition coefficient (Wildman–Crippen LogP) is 2.02. The third-order valence-corrected chi connectivity index (χ3v) is 3.80. The first kappa shape index (κ1) is 12.6. The van der Waals surface area contributed by atoms with Crippen LogP contribution in [0.3, 0.4) is 0 Å². The second kappa shape index (κ2) is 5.26. The maximum atomic E-state index is 13.6. The van der Waals surface area contributed by atoms with Crippen molar-refractivity contribution in [2.45, 2.75) is 35.5 Å². The smallest absolute Gasteiger partial charge is 0.214 e. The monoisotopic (exact) mass is 279 g/mol. The number of benzene rings is 1. The minimum atomic E-state index is -0.235. The lowest BCUT2D eigenvalue weighted by molar-refractivity contribution is 0.565. The molecule has 1 aromatic heterocycles. The van der Waals surface area contributed by atoms with Gasteiger partial charge >= 0.3 is 0 Å². The normalized spacial score (nSPS) is 14.8. The standard InChI is InChI=1S/C12H14FN5S/c1-14-7-8-4-9(13)6-11(5-8)19-12-15-16-17-18(12)10-2-3-10/h4-6,10,14H,2-3,7H2,1H3. The van der Waals surface area contributed by atoms with Crippen LogP contribution in [0.5, 0.6) is 0 Å².